The van der Waals surface area contributed by atoms with E-state index in [0.717, 1.165) is 21.8 Å². The highest BCUT2D eigenvalue weighted by atomic mass is 79.9. The molecule has 0 spiro atoms. The van der Waals surface area contributed by atoms with Gasteiger partial charge in [-0.2, -0.15) is 0 Å². The van der Waals surface area contributed by atoms with Crippen LogP contribution in [0.3, 0.4) is 0 Å². The molecule has 0 aliphatic carbocycles. The Hall–Kier alpha value is -2.05. The van der Waals surface area contributed by atoms with Crippen LogP contribution in [0.5, 0.6) is 0 Å². The topological polar surface area (TPSA) is 42.0 Å². The molecule has 0 bridgehead atoms. The molecule has 0 unspecified atom stereocenters. The number of thiazole rings is 1. The molecule has 0 saturated carbocycles. The molecule has 2 aromatic carbocycles. The van der Waals surface area contributed by atoms with Gasteiger partial charge in [-0.3, -0.25) is 4.79 Å². The first-order chi connectivity index (χ1) is 11.5. The van der Waals surface area contributed by atoms with Gasteiger partial charge < -0.3 is 5.32 Å². The van der Waals surface area contributed by atoms with Crippen molar-refractivity contribution in [3.8, 4) is 11.3 Å². The Morgan fingerprint density at radius 2 is 2.00 bits per heavy atom. The number of nitrogens with one attached hydrogen (secondary N) is 1. The fraction of sp³-hybridized carbons (Fsp3) is 0.111. The second-order valence-corrected chi connectivity index (χ2v) is 7.17. The zero-order valence-corrected chi connectivity index (χ0v) is 15.2. The Bertz CT molecular complexity index is 877. The third-order valence-corrected chi connectivity index (χ3v) is 4.96. The van der Waals surface area contributed by atoms with Gasteiger partial charge in [-0.25, -0.2) is 9.37 Å². The van der Waals surface area contributed by atoms with Gasteiger partial charge in [-0.05, 0) is 46.6 Å². The molecule has 0 saturated heterocycles. The number of benzene rings is 2. The summed E-state index contributed by atoms with van der Waals surface area (Å²) < 4.78 is 13.8. The van der Waals surface area contributed by atoms with Crippen molar-refractivity contribution >= 4 is 33.2 Å². The normalized spacial score (nSPS) is 10.6. The van der Waals surface area contributed by atoms with E-state index in [1.807, 2.05) is 36.6 Å². The molecule has 1 amide bonds. The Morgan fingerprint density at radius 3 is 2.67 bits per heavy atom. The molecule has 3 nitrogen and oxygen atoms in total. The number of carbonyl (C=O) groups excluding carboxylic acids is 1. The number of hydrogen-bond donors (Lipinski definition) is 1. The monoisotopic (exact) mass is 404 g/mol. The van der Waals surface area contributed by atoms with Crippen molar-refractivity contribution in [1.29, 1.82) is 0 Å². The lowest BCUT2D eigenvalue weighted by Crippen LogP contribution is -2.23. The quantitative estimate of drug-likeness (QED) is 0.668. The van der Waals surface area contributed by atoms with Gasteiger partial charge >= 0.3 is 0 Å². The summed E-state index contributed by atoms with van der Waals surface area (Å²) in [6.07, 6.45) is 0. The highest BCUT2D eigenvalue weighted by molar-refractivity contribution is 9.10. The molecule has 6 heteroatoms. The molecule has 1 heterocycles. The van der Waals surface area contributed by atoms with Crippen LogP contribution in [0.2, 0.25) is 0 Å². The highest BCUT2D eigenvalue weighted by Crippen LogP contribution is 2.22. The van der Waals surface area contributed by atoms with E-state index in [0.29, 0.717) is 11.0 Å². The summed E-state index contributed by atoms with van der Waals surface area (Å²) in [6.45, 7) is 2.35. The van der Waals surface area contributed by atoms with Gasteiger partial charge in [0.1, 0.15) is 5.82 Å². The fourth-order valence-corrected chi connectivity index (χ4v) is 3.29. The average molecular weight is 405 g/mol. The smallest absolute Gasteiger partial charge is 0.252 e. The molecule has 0 fully saturated rings. The maximum Gasteiger partial charge on any atom is 0.252 e. The molecular weight excluding hydrogens is 391 g/mol. The number of aromatic nitrogens is 1. The number of rotatable bonds is 4. The van der Waals surface area contributed by atoms with Crippen LogP contribution in [0.1, 0.15) is 20.9 Å². The lowest BCUT2D eigenvalue weighted by atomic mass is 10.1. The van der Waals surface area contributed by atoms with Crippen LogP contribution >= 0.6 is 27.3 Å². The number of aryl methyl sites for hydroxylation is 1. The average Bonchev–Trinajstić information content (AvgIpc) is 3.02. The van der Waals surface area contributed by atoms with E-state index in [4.69, 9.17) is 0 Å². The van der Waals surface area contributed by atoms with Gasteiger partial charge in [0.2, 0.25) is 0 Å². The van der Waals surface area contributed by atoms with Gasteiger partial charge in [0, 0.05) is 22.0 Å². The Kier molecular flexibility index (Phi) is 5.06. The fourth-order valence-electron chi connectivity index (χ4n) is 2.24. The maximum absolute atomic E-state index is 13.3. The van der Waals surface area contributed by atoms with Crippen molar-refractivity contribution in [3.05, 3.63) is 74.3 Å². The molecule has 122 valence electrons. The third kappa shape index (κ3) is 3.88. The molecule has 0 aliphatic heterocycles. The summed E-state index contributed by atoms with van der Waals surface area (Å²) in [4.78, 5) is 16.6. The molecule has 1 N–H and O–H groups in total. The molecule has 0 aliphatic rings. The number of nitrogens with zero attached hydrogens (tertiary/aromatic N) is 1. The van der Waals surface area contributed by atoms with Gasteiger partial charge in [0.15, 0.2) is 0 Å². The SMILES string of the molecule is Cc1nc(-c2ccc(CNC(=O)c3cc(F)ccc3Br)cc2)cs1. The van der Waals surface area contributed by atoms with Crippen molar-refractivity contribution in [1.82, 2.24) is 10.3 Å². The molecule has 0 atom stereocenters. The van der Waals surface area contributed by atoms with E-state index in [1.54, 1.807) is 11.3 Å². The van der Waals surface area contributed by atoms with E-state index < -0.39 is 5.82 Å². The maximum atomic E-state index is 13.3. The van der Waals surface area contributed by atoms with Crippen LogP contribution in [0, 0.1) is 12.7 Å². The third-order valence-electron chi connectivity index (χ3n) is 3.49. The lowest BCUT2D eigenvalue weighted by molar-refractivity contribution is 0.0949. The van der Waals surface area contributed by atoms with Crippen molar-refractivity contribution < 1.29 is 9.18 Å². The molecule has 3 aromatic rings. The van der Waals surface area contributed by atoms with Crippen LogP contribution in [0.15, 0.2) is 52.3 Å². The summed E-state index contributed by atoms with van der Waals surface area (Å²) in [6, 6.07) is 11.9. The summed E-state index contributed by atoms with van der Waals surface area (Å²) in [5.41, 5.74) is 3.25. The second kappa shape index (κ2) is 7.23. The van der Waals surface area contributed by atoms with Crippen LogP contribution in [0.4, 0.5) is 4.39 Å². The molecule has 1 aromatic heterocycles. The van der Waals surface area contributed by atoms with E-state index in [9.17, 15) is 9.18 Å². The van der Waals surface area contributed by atoms with E-state index in [2.05, 4.69) is 26.2 Å². The number of amides is 1. The lowest BCUT2D eigenvalue weighted by Gasteiger charge is -2.08. The minimum atomic E-state index is -0.439. The van der Waals surface area contributed by atoms with Gasteiger partial charge in [0.25, 0.3) is 5.91 Å². The van der Waals surface area contributed by atoms with Crippen molar-refractivity contribution in [2.45, 2.75) is 13.5 Å². The Morgan fingerprint density at radius 1 is 1.25 bits per heavy atom. The van der Waals surface area contributed by atoms with Crippen LogP contribution in [-0.4, -0.2) is 10.9 Å². The predicted molar refractivity (Wildman–Crippen MR) is 97.6 cm³/mol. The van der Waals surface area contributed by atoms with Crippen molar-refractivity contribution in [3.63, 3.8) is 0 Å². The first-order valence-corrected chi connectivity index (χ1v) is 8.95. The molecule has 24 heavy (non-hydrogen) atoms. The molecule has 0 radical (unpaired) electrons. The number of hydrogen-bond acceptors (Lipinski definition) is 3. The second-order valence-electron chi connectivity index (χ2n) is 5.26. The van der Waals surface area contributed by atoms with Crippen molar-refractivity contribution in [2.24, 2.45) is 0 Å². The number of carbonyl (C=O) groups is 1. The molecule has 3 rings (SSSR count). The predicted octanol–water partition coefficient (Wildman–Crippen LogP) is 4.95. The first kappa shape index (κ1) is 16.8. The minimum Gasteiger partial charge on any atom is -0.348 e. The largest absolute Gasteiger partial charge is 0.348 e. The van der Waals surface area contributed by atoms with Crippen LogP contribution in [0.25, 0.3) is 11.3 Å². The van der Waals surface area contributed by atoms with Gasteiger partial charge in [-0.15, -0.1) is 11.3 Å². The highest BCUT2D eigenvalue weighted by Gasteiger charge is 2.11. The van der Waals surface area contributed by atoms with E-state index >= 15 is 0 Å². The van der Waals surface area contributed by atoms with Crippen LogP contribution < -0.4 is 5.32 Å². The summed E-state index contributed by atoms with van der Waals surface area (Å²) >= 11 is 4.88. The Balaban J connectivity index is 1.66. The van der Waals surface area contributed by atoms with E-state index in [-0.39, 0.29) is 11.5 Å². The van der Waals surface area contributed by atoms with Gasteiger partial charge in [-0.1, -0.05) is 24.3 Å². The Labute approximate surface area is 151 Å². The summed E-state index contributed by atoms with van der Waals surface area (Å²) in [5.74, 6) is -0.758. The van der Waals surface area contributed by atoms with E-state index in [1.165, 1.54) is 18.2 Å². The van der Waals surface area contributed by atoms with Gasteiger partial charge in [0.05, 0.1) is 16.3 Å². The number of halogens is 2. The van der Waals surface area contributed by atoms with Crippen molar-refractivity contribution in [2.75, 3.05) is 0 Å². The zero-order valence-electron chi connectivity index (χ0n) is 12.8. The summed E-state index contributed by atoms with van der Waals surface area (Å²) in [7, 11) is 0. The zero-order chi connectivity index (χ0) is 17.1. The first-order valence-electron chi connectivity index (χ1n) is 7.27. The summed E-state index contributed by atoms with van der Waals surface area (Å²) in [5, 5.41) is 5.85. The minimum absolute atomic E-state index is 0.282. The van der Waals surface area contributed by atoms with Crippen LogP contribution in [-0.2, 0) is 6.54 Å². The standard InChI is InChI=1S/C18H14BrFN2OS/c1-11-22-17(10-24-11)13-4-2-12(3-5-13)9-21-18(23)15-8-14(20)6-7-16(15)19/h2-8,10H,9H2,1H3,(H,21,23). The molecular formula is C18H14BrFN2OS.